The molecule has 0 atom stereocenters. The molecule has 0 saturated heterocycles. The first-order valence-electron chi connectivity index (χ1n) is 5.10. The first kappa shape index (κ1) is 11.0. The minimum atomic E-state index is -0.166. The summed E-state index contributed by atoms with van der Waals surface area (Å²) < 4.78 is 0.916. The van der Waals surface area contributed by atoms with E-state index in [1.165, 1.54) is 17.7 Å². The lowest BCUT2D eigenvalue weighted by atomic mass is 10.1. The van der Waals surface area contributed by atoms with Crippen LogP contribution < -0.4 is 0 Å². The first-order chi connectivity index (χ1) is 7.24. The smallest absolute Gasteiger partial charge is 0.107 e. The molecule has 1 aliphatic rings. The van der Waals surface area contributed by atoms with E-state index in [0.29, 0.717) is 0 Å². The van der Waals surface area contributed by atoms with Gasteiger partial charge in [-0.05, 0) is 31.0 Å². The van der Waals surface area contributed by atoms with Gasteiger partial charge in [-0.15, -0.1) is 11.8 Å². The zero-order chi connectivity index (χ0) is 10.7. The highest BCUT2D eigenvalue weighted by molar-refractivity contribution is 9.10. The van der Waals surface area contributed by atoms with Gasteiger partial charge in [-0.25, -0.2) is 0 Å². The van der Waals surface area contributed by atoms with Crippen LogP contribution in [0.25, 0.3) is 0 Å². The lowest BCUT2D eigenvalue weighted by Crippen LogP contribution is -2.16. The molecular formula is C12H12BrNS. The van der Waals surface area contributed by atoms with Crippen molar-refractivity contribution in [3.63, 3.8) is 0 Å². The van der Waals surface area contributed by atoms with Gasteiger partial charge < -0.3 is 0 Å². The largest absolute Gasteiger partial charge is 0.197 e. The number of thioether (sulfide) groups is 1. The third kappa shape index (κ3) is 2.56. The fraction of sp³-hybridized carbons (Fsp3) is 0.417. The Hall–Kier alpha value is -0.460. The summed E-state index contributed by atoms with van der Waals surface area (Å²) >= 11 is 5.18. The molecule has 0 N–H and O–H groups in total. The summed E-state index contributed by atoms with van der Waals surface area (Å²) in [5.41, 5.74) is 0. The predicted octanol–water partition coefficient (Wildman–Crippen LogP) is 4.38. The van der Waals surface area contributed by atoms with Gasteiger partial charge in [-0.3, -0.25) is 0 Å². The third-order valence-electron chi connectivity index (χ3n) is 2.72. The molecule has 1 fully saturated rings. The number of rotatable bonds is 2. The van der Waals surface area contributed by atoms with Gasteiger partial charge in [0.25, 0.3) is 0 Å². The summed E-state index contributed by atoms with van der Waals surface area (Å²) in [6.45, 7) is 0. The topological polar surface area (TPSA) is 23.8 Å². The van der Waals surface area contributed by atoms with Crippen LogP contribution in [0, 0.1) is 11.3 Å². The van der Waals surface area contributed by atoms with Gasteiger partial charge in [0.2, 0.25) is 0 Å². The Morgan fingerprint density at radius 2 is 2.07 bits per heavy atom. The highest BCUT2D eigenvalue weighted by Crippen LogP contribution is 2.45. The molecule has 3 heteroatoms. The second-order valence-electron chi connectivity index (χ2n) is 3.87. The van der Waals surface area contributed by atoms with E-state index in [0.717, 1.165) is 17.3 Å². The van der Waals surface area contributed by atoms with Crippen LogP contribution in [0.5, 0.6) is 0 Å². The fourth-order valence-electron chi connectivity index (χ4n) is 1.94. The van der Waals surface area contributed by atoms with Crippen LogP contribution in [-0.4, -0.2) is 4.75 Å². The van der Waals surface area contributed by atoms with Crippen molar-refractivity contribution in [3.8, 4) is 6.07 Å². The maximum absolute atomic E-state index is 9.26. The molecule has 1 aromatic rings. The summed E-state index contributed by atoms with van der Waals surface area (Å²) in [5.74, 6) is 0. The van der Waals surface area contributed by atoms with Crippen LogP contribution in [0.1, 0.15) is 25.7 Å². The lowest BCUT2D eigenvalue weighted by Gasteiger charge is -2.19. The van der Waals surface area contributed by atoms with Crippen LogP contribution in [-0.2, 0) is 0 Å². The molecule has 78 valence electrons. The summed E-state index contributed by atoms with van der Waals surface area (Å²) in [6.07, 6.45) is 4.44. The van der Waals surface area contributed by atoms with Crippen molar-refractivity contribution in [1.29, 1.82) is 5.26 Å². The fourth-order valence-corrected chi connectivity index (χ4v) is 3.81. The molecule has 1 aromatic carbocycles. The number of nitriles is 1. The van der Waals surface area contributed by atoms with Crippen molar-refractivity contribution in [2.24, 2.45) is 0 Å². The van der Waals surface area contributed by atoms with Gasteiger partial charge in [-0.1, -0.05) is 34.8 Å². The van der Waals surface area contributed by atoms with E-state index in [1.807, 2.05) is 12.1 Å². The average molecular weight is 282 g/mol. The van der Waals surface area contributed by atoms with Crippen LogP contribution in [0.4, 0.5) is 0 Å². The van der Waals surface area contributed by atoms with Gasteiger partial charge in [0.05, 0.1) is 6.07 Å². The van der Waals surface area contributed by atoms with E-state index in [4.69, 9.17) is 0 Å². The Morgan fingerprint density at radius 3 is 2.67 bits per heavy atom. The van der Waals surface area contributed by atoms with Gasteiger partial charge in [0.15, 0.2) is 0 Å². The monoisotopic (exact) mass is 281 g/mol. The van der Waals surface area contributed by atoms with Crippen molar-refractivity contribution in [2.45, 2.75) is 35.3 Å². The quantitative estimate of drug-likeness (QED) is 0.803. The zero-order valence-electron chi connectivity index (χ0n) is 8.37. The molecule has 0 unspecified atom stereocenters. The van der Waals surface area contributed by atoms with E-state index in [-0.39, 0.29) is 4.75 Å². The van der Waals surface area contributed by atoms with Crippen molar-refractivity contribution in [3.05, 3.63) is 28.7 Å². The van der Waals surface area contributed by atoms with Gasteiger partial charge >= 0.3 is 0 Å². The van der Waals surface area contributed by atoms with Crippen molar-refractivity contribution in [2.75, 3.05) is 0 Å². The molecule has 2 rings (SSSR count). The van der Waals surface area contributed by atoms with Gasteiger partial charge in [0, 0.05) is 9.37 Å². The number of nitrogens with zero attached hydrogens (tertiary/aromatic N) is 1. The highest BCUT2D eigenvalue weighted by Gasteiger charge is 2.34. The van der Waals surface area contributed by atoms with Gasteiger partial charge in [-0.2, -0.15) is 5.26 Å². The molecule has 0 amide bonds. The molecule has 1 nitrogen and oxygen atoms in total. The van der Waals surface area contributed by atoms with Crippen LogP contribution >= 0.6 is 27.7 Å². The Balaban J connectivity index is 2.17. The van der Waals surface area contributed by atoms with Crippen LogP contribution in [0.2, 0.25) is 0 Å². The number of hydrogen-bond acceptors (Lipinski definition) is 2. The number of halogens is 1. The van der Waals surface area contributed by atoms with Crippen molar-refractivity contribution >= 4 is 27.7 Å². The lowest BCUT2D eigenvalue weighted by molar-refractivity contribution is 0.759. The minimum Gasteiger partial charge on any atom is -0.197 e. The second-order valence-corrected chi connectivity index (χ2v) is 6.25. The minimum absolute atomic E-state index is 0.166. The molecular weight excluding hydrogens is 270 g/mol. The molecule has 0 heterocycles. The molecule has 1 saturated carbocycles. The van der Waals surface area contributed by atoms with Crippen LogP contribution in [0.3, 0.4) is 0 Å². The summed E-state index contributed by atoms with van der Waals surface area (Å²) in [5, 5.41) is 9.26. The first-order valence-corrected chi connectivity index (χ1v) is 6.71. The van der Waals surface area contributed by atoms with E-state index in [1.54, 1.807) is 11.8 Å². The molecule has 1 aliphatic carbocycles. The Bertz CT molecular complexity index is 391. The summed E-state index contributed by atoms with van der Waals surface area (Å²) in [4.78, 5) is 1.19. The van der Waals surface area contributed by atoms with E-state index < -0.39 is 0 Å². The summed E-state index contributed by atoms with van der Waals surface area (Å²) in [6, 6.07) is 10.7. The standard InChI is InChI=1S/C12H12BrNS/c13-10-4-3-5-11(8-10)15-12(9-14)6-1-2-7-12/h3-5,8H,1-2,6-7H2. The number of hydrogen-bond donors (Lipinski definition) is 0. The van der Waals surface area contributed by atoms with Gasteiger partial charge in [0.1, 0.15) is 4.75 Å². The Morgan fingerprint density at radius 1 is 1.33 bits per heavy atom. The van der Waals surface area contributed by atoms with Crippen molar-refractivity contribution in [1.82, 2.24) is 0 Å². The van der Waals surface area contributed by atoms with E-state index >= 15 is 0 Å². The SMILES string of the molecule is N#CC1(Sc2cccc(Br)c2)CCCC1. The maximum Gasteiger partial charge on any atom is 0.107 e. The molecule has 0 spiro atoms. The number of benzene rings is 1. The molecule has 0 bridgehead atoms. The molecule has 15 heavy (non-hydrogen) atoms. The molecule has 0 aliphatic heterocycles. The second kappa shape index (κ2) is 4.59. The third-order valence-corrected chi connectivity index (χ3v) is 4.60. The van der Waals surface area contributed by atoms with E-state index in [9.17, 15) is 5.26 Å². The Labute approximate surface area is 103 Å². The zero-order valence-corrected chi connectivity index (χ0v) is 10.8. The summed E-state index contributed by atoms with van der Waals surface area (Å²) in [7, 11) is 0. The maximum atomic E-state index is 9.26. The molecule has 0 aromatic heterocycles. The molecule has 0 radical (unpaired) electrons. The predicted molar refractivity (Wildman–Crippen MR) is 66.8 cm³/mol. The van der Waals surface area contributed by atoms with Crippen LogP contribution in [0.15, 0.2) is 33.6 Å². The normalized spacial score (nSPS) is 18.7. The highest BCUT2D eigenvalue weighted by atomic mass is 79.9. The van der Waals surface area contributed by atoms with E-state index in [2.05, 4.69) is 34.1 Å². The average Bonchev–Trinajstić information content (AvgIpc) is 2.67. The van der Waals surface area contributed by atoms with Crippen molar-refractivity contribution < 1.29 is 0 Å². The Kier molecular flexibility index (Phi) is 3.38.